The van der Waals surface area contributed by atoms with Gasteiger partial charge in [-0.05, 0) is 31.0 Å². The van der Waals surface area contributed by atoms with E-state index < -0.39 is 43.4 Å². The molecule has 110 valence electrons. The summed E-state index contributed by atoms with van der Waals surface area (Å²) in [6.45, 7) is -0.658. The topological polar surface area (TPSA) is 34.1 Å². The maximum atomic E-state index is 12.7. The van der Waals surface area contributed by atoms with Gasteiger partial charge in [0.15, 0.2) is 11.6 Å². The van der Waals surface area contributed by atoms with Crippen LogP contribution in [0, 0.1) is 19.3 Å². The minimum Gasteiger partial charge on any atom is -0.298 e. The van der Waals surface area contributed by atoms with Gasteiger partial charge in [0.05, 0.1) is 6.42 Å². The Morgan fingerprint density at radius 1 is 1.00 bits per heavy atom. The first kappa shape index (κ1) is 16.4. The van der Waals surface area contributed by atoms with Crippen LogP contribution in [0.5, 0.6) is 0 Å². The van der Waals surface area contributed by atoms with Crippen molar-refractivity contribution in [3.05, 3.63) is 34.9 Å². The van der Waals surface area contributed by atoms with Crippen LogP contribution < -0.4 is 0 Å². The quantitative estimate of drug-likeness (QED) is 0.569. The highest BCUT2D eigenvalue weighted by atomic mass is 19.1. The van der Waals surface area contributed by atoms with Crippen molar-refractivity contribution >= 4 is 11.6 Å². The molecule has 0 saturated heterocycles. The van der Waals surface area contributed by atoms with Crippen molar-refractivity contribution in [2.24, 2.45) is 5.41 Å². The van der Waals surface area contributed by atoms with E-state index in [1.807, 2.05) is 13.8 Å². The first-order valence-corrected chi connectivity index (χ1v) is 6.22. The molecule has 0 N–H and O–H groups in total. The van der Waals surface area contributed by atoms with E-state index in [4.69, 9.17) is 0 Å². The van der Waals surface area contributed by atoms with E-state index in [-0.39, 0.29) is 5.56 Å². The highest BCUT2D eigenvalue weighted by molar-refractivity contribution is 6.09. The molecule has 1 aromatic rings. The lowest BCUT2D eigenvalue weighted by Gasteiger charge is -2.22. The lowest BCUT2D eigenvalue weighted by molar-refractivity contribution is -0.130. The molecule has 1 rings (SSSR count). The standard InChI is InChI=1S/C15H17F3O2/c1-10-3-4-12(5-11(10)2)13(19)6-14(20)15(7-16,8-17)9-18/h3-5H,6-9H2,1-2H3. The third-order valence-corrected chi connectivity index (χ3v) is 3.51. The SMILES string of the molecule is Cc1ccc(C(=O)CC(=O)C(CF)(CF)CF)cc1C. The van der Waals surface area contributed by atoms with E-state index in [0.717, 1.165) is 11.1 Å². The van der Waals surface area contributed by atoms with Crippen LogP contribution in [0.25, 0.3) is 0 Å². The lowest BCUT2D eigenvalue weighted by Crippen LogP contribution is -2.39. The molecule has 20 heavy (non-hydrogen) atoms. The molecular weight excluding hydrogens is 269 g/mol. The summed E-state index contributed by atoms with van der Waals surface area (Å²) in [6, 6.07) is 4.87. The van der Waals surface area contributed by atoms with E-state index in [1.165, 1.54) is 0 Å². The number of carbonyl (C=O) groups excluding carboxylic acids is 2. The van der Waals surface area contributed by atoms with Gasteiger partial charge >= 0.3 is 0 Å². The zero-order valence-corrected chi connectivity index (χ0v) is 11.5. The number of rotatable bonds is 7. The molecule has 0 radical (unpaired) electrons. The first-order chi connectivity index (χ1) is 9.40. The predicted molar refractivity (Wildman–Crippen MR) is 70.2 cm³/mol. The Morgan fingerprint density at radius 3 is 2.00 bits per heavy atom. The van der Waals surface area contributed by atoms with Crippen molar-refractivity contribution in [2.45, 2.75) is 20.3 Å². The van der Waals surface area contributed by atoms with Crippen LogP contribution in [0.4, 0.5) is 13.2 Å². The number of ketones is 2. The zero-order chi connectivity index (χ0) is 15.3. The molecule has 2 nitrogen and oxygen atoms in total. The maximum Gasteiger partial charge on any atom is 0.170 e. The Hall–Kier alpha value is -1.65. The van der Waals surface area contributed by atoms with Crippen LogP contribution in [0.15, 0.2) is 18.2 Å². The third-order valence-electron chi connectivity index (χ3n) is 3.51. The van der Waals surface area contributed by atoms with Gasteiger partial charge in [-0.3, -0.25) is 9.59 Å². The van der Waals surface area contributed by atoms with E-state index in [2.05, 4.69) is 0 Å². The van der Waals surface area contributed by atoms with E-state index >= 15 is 0 Å². The van der Waals surface area contributed by atoms with Crippen LogP contribution in [0.3, 0.4) is 0 Å². The number of carbonyl (C=O) groups is 2. The van der Waals surface area contributed by atoms with Crippen LogP contribution in [0.2, 0.25) is 0 Å². The first-order valence-electron chi connectivity index (χ1n) is 6.22. The fourth-order valence-electron chi connectivity index (χ4n) is 1.68. The second-order valence-corrected chi connectivity index (χ2v) is 5.00. The Labute approximate surface area is 116 Å². The number of alkyl halides is 3. The molecule has 0 bridgehead atoms. The zero-order valence-electron chi connectivity index (χ0n) is 11.5. The van der Waals surface area contributed by atoms with E-state index in [0.29, 0.717) is 0 Å². The Kier molecular flexibility index (Phi) is 5.48. The molecule has 5 heteroatoms. The highest BCUT2D eigenvalue weighted by Crippen LogP contribution is 2.24. The third kappa shape index (κ3) is 3.26. The van der Waals surface area contributed by atoms with Crippen LogP contribution in [0.1, 0.15) is 27.9 Å². The molecule has 0 aliphatic rings. The molecule has 0 spiro atoms. The average Bonchev–Trinajstić information content (AvgIpc) is 2.44. The van der Waals surface area contributed by atoms with Gasteiger partial charge in [-0.25, -0.2) is 13.2 Å². The molecule has 0 atom stereocenters. The van der Waals surface area contributed by atoms with Crippen LogP contribution in [-0.4, -0.2) is 31.6 Å². The normalized spacial score (nSPS) is 11.4. The molecule has 0 saturated carbocycles. The highest BCUT2D eigenvalue weighted by Gasteiger charge is 2.40. The summed E-state index contributed by atoms with van der Waals surface area (Å²) in [5.74, 6) is -1.59. The van der Waals surface area contributed by atoms with Crippen molar-refractivity contribution in [1.82, 2.24) is 0 Å². The maximum absolute atomic E-state index is 12.7. The number of Topliss-reactive ketones (excluding diaryl/α,β-unsaturated/α-hetero) is 2. The number of aryl methyl sites for hydroxylation is 2. The summed E-state index contributed by atoms with van der Waals surface area (Å²) >= 11 is 0. The summed E-state index contributed by atoms with van der Waals surface area (Å²) in [4.78, 5) is 23.7. The summed E-state index contributed by atoms with van der Waals surface area (Å²) in [7, 11) is 0. The minimum atomic E-state index is -2.32. The molecule has 0 aliphatic heterocycles. The van der Waals surface area contributed by atoms with Crippen molar-refractivity contribution in [1.29, 1.82) is 0 Å². The summed E-state index contributed by atoms with van der Waals surface area (Å²) in [6.07, 6.45) is -0.694. The molecule has 0 fully saturated rings. The molecule has 0 aromatic heterocycles. The lowest BCUT2D eigenvalue weighted by atomic mass is 9.84. The number of hydrogen-bond donors (Lipinski definition) is 0. The van der Waals surface area contributed by atoms with Crippen LogP contribution in [-0.2, 0) is 4.79 Å². The fourth-order valence-corrected chi connectivity index (χ4v) is 1.68. The second kappa shape index (κ2) is 6.68. The van der Waals surface area contributed by atoms with Crippen molar-refractivity contribution in [3.63, 3.8) is 0 Å². The van der Waals surface area contributed by atoms with Crippen molar-refractivity contribution in [2.75, 3.05) is 20.0 Å². The van der Waals surface area contributed by atoms with Crippen LogP contribution >= 0.6 is 0 Å². The van der Waals surface area contributed by atoms with Gasteiger partial charge in [-0.1, -0.05) is 12.1 Å². The molecule has 0 unspecified atom stereocenters. The van der Waals surface area contributed by atoms with Gasteiger partial charge in [0.1, 0.15) is 25.4 Å². The Bertz CT molecular complexity index is 500. The van der Waals surface area contributed by atoms with Gasteiger partial charge < -0.3 is 0 Å². The van der Waals surface area contributed by atoms with Gasteiger partial charge in [-0.15, -0.1) is 0 Å². The number of halogens is 3. The summed E-state index contributed by atoms with van der Waals surface area (Å²) < 4.78 is 38.2. The summed E-state index contributed by atoms with van der Waals surface area (Å²) in [5.41, 5.74) is -0.184. The molecule has 0 heterocycles. The van der Waals surface area contributed by atoms with Gasteiger partial charge in [-0.2, -0.15) is 0 Å². The Morgan fingerprint density at radius 2 is 1.55 bits per heavy atom. The van der Waals surface area contributed by atoms with Crippen molar-refractivity contribution in [3.8, 4) is 0 Å². The minimum absolute atomic E-state index is 0.284. The van der Waals surface area contributed by atoms with Gasteiger partial charge in [0.25, 0.3) is 0 Å². The smallest absolute Gasteiger partial charge is 0.170 e. The molecule has 0 amide bonds. The molecule has 0 aliphatic carbocycles. The number of hydrogen-bond acceptors (Lipinski definition) is 2. The largest absolute Gasteiger partial charge is 0.298 e. The average molecular weight is 286 g/mol. The second-order valence-electron chi connectivity index (χ2n) is 5.00. The Balaban J connectivity index is 2.89. The fraction of sp³-hybridized carbons (Fsp3) is 0.467. The van der Waals surface area contributed by atoms with E-state index in [9.17, 15) is 22.8 Å². The summed E-state index contributed by atoms with van der Waals surface area (Å²) in [5, 5.41) is 0. The molecule has 1 aromatic carbocycles. The monoisotopic (exact) mass is 286 g/mol. The van der Waals surface area contributed by atoms with E-state index in [1.54, 1.807) is 18.2 Å². The van der Waals surface area contributed by atoms with Gasteiger partial charge in [0, 0.05) is 5.56 Å². The number of benzene rings is 1. The van der Waals surface area contributed by atoms with Gasteiger partial charge in [0.2, 0.25) is 0 Å². The van der Waals surface area contributed by atoms with Crippen molar-refractivity contribution < 1.29 is 22.8 Å². The predicted octanol–water partition coefficient (Wildman–Crippen LogP) is 3.34. The molecular formula is C15H17F3O2.